The quantitative estimate of drug-likeness (QED) is 0.844. The van der Waals surface area contributed by atoms with E-state index in [2.05, 4.69) is 13.8 Å². The number of carbonyl (C=O) groups is 1. The molecule has 1 heterocycles. The van der Waals surface area contributed by atoms with Gasteiger partial charge in [-0.25, -0.2) is 0 Å². The van der Waals surface area contributed by atoms with E-state index in [4.69, 9.17) is 5.73 Å². The number of nitrogens with two attached hydrogens (primary N) is 1. The van der Waals surface area contributed by atoms with E-state index in [0.717, 1.165) is 30.4 Å². The summed E-state index contributed by atoms with van der Waals surface area (Å²) in [4.78, 5) is 14.1. The minimum atomic E-state index is 0.0854. The summed E-state index contributed by atoms with van der Waals surface area (Å²) in [5.74, 6) is 0.565. The Morgan fingerprint density at radius 3 is 2.48 bits per heavy atom. The highest BCUT2D eigenvalue weighted by molar-refractivity contribution is 7.16. The standard InChI is InChI=1S/C18H21NOS/c1-11(2)12-7-9-13(10-8-12)17(20)16-14-5-3-4-6-15(14)21-18(16)19/h7-11H,3-6,19H2,1-2H3. The van der Waals surface area contributed by atoms with Crippen LogP contribution in [0.2, 0.25) is 0 Å². The van der Waals surface area contributed by atoms with Crippen molar-refractivity contribution in [3.8, 4) is 0 Å². The molecule has 0 spiro atoms. The van der Waals surface area contributed by atoms with Gasteiger partial charge in [-0.15, -0.1) is 11.3 Å². The first-order valence-corrected chi connectivity index (χ1v) is 8.44. The van der Waals surface area contributed by atoms with Gasteiger partial charge < -0.3 is 5.73 Å². The SMILES string of the molecule is CC(C)c1ccc(C(=O)c2c(N)sc3c2CCCC3)cc1. The molecule has 0 atom stereocenters. The van der Waals surface area contributed by atoms with Crippen LogP contribution in [0.1, 0.15) is 64.5 Å². The third-order valence-electron chi connectivity index (χ3n) is 4.27. The normalized spacial score (nSPS) is 14.2. The molecule has 110 valence electrons. The van der Waals surface area contributed by atoms with E-state index in [0.29, 0.717) is 10.9 Å². The van der Waals surface area contributed by atoms with Crippen molar-refractivity contribution in [1.29, 1.82) is 0 Å². The molecule has 0 aliphatic heterocycles. The predicted molar refractivity (Wildman–Crippen MR) is 89.3 cm³/mol. The van der Waals surface area contributed by atoms with E-state index in [9.17, 15) is 4.79 Å². The largest absolute Gasteiger partial charge is 0.390 e. The van der Waals surface area contributed by atoms with Gasteiger partial charge in [0.2, 0.25) is 0 Å². The second-order valence-electron chi connectivity index (χ2n) is 6.06. The van der Waals surface area contributed by atoms with Crippen molar-refractivity contribution in [3.05, 3.63) is 51.4 Å². The van der Waals surface area contributed by atoms with Crippen LogP contribution in [-0.2, 0) is 12.8 Å². The average molecular weight is 299 g/mol. The lowest BCUT2D eigenvalue weighted by Gasteiger charge is -2.12. The molecule has 2 aromatic rings. The van der Waals surface area contributed by atoms with Crippen LogP contribution < -0.4 is 5.73 Å². The number of fused-ring (bicyclic) bond motifs is 1. The fraction of sp³-hybridized carbons (Fsp3) is 0.389. The Labute approximate surface area is 130 Å². The second-order valence-corrected chi connectivity index (χ2v) is 7.19. The molecule has 0 amide bonds. The van der Waals surface area contributed by atoms with Gasteiger partial charge in [-0.1, -0.05) is 38.1 Å². The maximum absolute atomic E-state index is 12.8. The Morgan fingerprint density at radius 2 is 1.81 bits per heavy atom. The molecule has 0 saturated carbocycles. The molecule has 0 unspecified atom stereocenters. The van der Waals surface area contributed by atoms with Gasteiger partial charge in [0.1, 0.15) is 0 Å². The Hall–Kier alpha value is -1.61. The molecular weight excluding hydrogens is 278 g/mol. The Balaban J connectivity index is 1.97. The maximum Gasteiger partial charge on any atom is 0.196 e. The van der Waals surface area contributed by atoms with Crippen LogP contribution in [0.25, 0.3) is 0 Å². The van der Waals surface area contributed by atoms with Crippen LogP contribution in [0.3, 0.4) is 0 Å². The van der Waals surface area contributed by atoms with Gasteiger partial charge in [0.25, 0.3) is 0 Å². The van der Waals surface area contributed by atoms with Gasteiger partial charge in [-0.05, 0) is 42.7 Å². The van der Waals surface area contributed by atoms with Crippen molar-refractivity contribution >= 4 is 22.1 Å². The highest BCUT2D eigenvalue weighted by atomic mass is 32.1. The Kier molecular flexibility index (Phi) is 3.85. The molecule has 0 fully saturated rings. The van der Waals surface area contributed by atoms with Gasteiger partial charge >= 0.3 is 0 Å². The first-order valence-electron chi connectivity index (χ1n) is 7.62. The number of hydrogen-bond acceptors (Lipinski definition) is 3. The fourth-order valence-corrected chi connectivity index (χ4v) is 4.16. The zero-order valence-corrected chi connectivity index (χ0v) is 13.4. The number of carbonyl (C=O) groups excluding carboxylic acids is 1. The highest BCUT2D eigenvalue weighted by Crippen LogP contribution is 2.37. The summed E-state index contributed by atoms with van der Waals surface area (Å²) in [5, 5.41) is 0.694. The minimum Gasteiger partial charge on any atom is -0.390 e. The number of thiophene rings is 1. The third-order valence-corrected chi connectivity index (χ3v) is 5.39. The van der Waals surface area contributed by atoms with Crippen molar-refractivity contribution in [2.45, 2.75) is 45.4 Å². The number of nitrogen functional groups attached to an aromatic ring is 1. The number of aryl methyl sites for hydroxylation is 1. The summed E-state index contributed by atoms with van der Waals surface area (Å²) < 4.78 is 0. The molecule has 0 saturated heterocycles. The number of ketones is 1. The Morgan fingerprint density at radius 1 is 1.14 bits per heavy atom. The summed E-state index contributed by atoms with van der Waals surface area (Å²) in [7, 11) is 0. The zero-order chi connectivity index (χ0) is 15.0. The molecule has 21 heavy (non-hydrogen) atoms. The molecule has 0 bridgehead atoms. The van der Waals surface area contributed by atoms with E-state index >= 15 is 0 Å². The van der Waals surface area contributed by atoms with Crippen molar-refractivity contribution in [2.24, 2.45) is 0 Å². The van der Waals surface area contributed by atoms with Gasteiger partial charge in [-0.3, -0.25) is 4.79 Å². The molecule has 3 rings (SSSR count). The summed E-state index contributed by atoms with van der Waals surface area (Å²) >= 11 is 1.60. The van der Waals surface area contributed by atoms with Crippen molar-refractivity contribution < 1.29 is 4.79 Å². The highest BCUT2D eigenvalue weighted by Gasteiger charge is 2.24. The van der Waals surface area contributed by atoms with Crippen LogP contribution in [0.5, 0.6) is 0 Å². The third kappa shape index (κ3) is 2.62. The van der Waals surface area contributed by atoms with E-state index in [1.807, 2.05) is 24.3 Å². The summed E-state index contributed by atoms with van der Waals surface area (Å²) in [6.07, 6.45) is 4.44. The van der Waals surface area contributed by atoms with E-state index in [1.165, 1.54) is 22.4 Å². The van der Waals surface area contributed by atoms with Crippen LogP contribution in [0.15, 0.2) is 24.3 Å². The van der Waals surface area contributed by atoms with Gasteiger partial charge in [0.15, 0.2) is 5.78 Å². The zero-order valence-electron chi connectivity index (χ0n) is 12.6. The molecule has 1 aromatic carbocycles. The number of rotatable bonds is 3. The molecule has 1 aliphatic carbocycles. The molecule has 2 nitrogen and oxygen atoms in total. The molecule has 2 N–H and O–H groups in total. The van der Waals surface area contributed by atoms with Crippen LogP contribution in [0, 0.1) is 0 Å². The van der Waals surface area contributed by atoms with Crippen LogP contribution in [-0.4, -0.2) is 5.78 Å². The lowest BCUT2D eigenvalue weighted by molar-refractivity contribution is 0.103. The van der Waals surface area contributed by atoms with E-state index in [-0.39, 0.29) is 5.78 Å². The summed E-state index contributed by atoms with van der Waals surface area (Å²) in [6.45, 7) is 4.31. The van der Waals surface area contributed by atoms with Gasteiger partial charge in [-0.2, -0.15) is 0 Å². The van der Waals surface area contributed by atoms with E-state index in [1.54, 1.807) is 11.3 Å². The van der Waals surface area contributed by atoms with Crippen molar-refractivity contribution in [1.82, 2.24) is 0 Å². The van der Waals surface area contributed by atoms with Gasteiger partial charge in [0, 0.05) is 10.4 Å². The smallest absolute Gasteiger partial charge is 0.196 e. The molecular formula is C18H21NOS. The van der Waals surface area contributed by atoms with Crippen molar-refractivity contribution in [3.63, 3.8) is 0 Å². The summed E-state index contributed by atoms with van der Waals surface area (Å²) in [6, 6.07) is 7.97. The number of benzene rings is 1. The first kappa shape index (κ1) is 14.3. The molecule has 3 heteroatoms. The van der Waals surface area contributed by atoms with Gasteiger partial charge in [0.05, 0.1) is 10.6 Å². The lowest BCUT2D eigenvalue weighted by atomic mass is 9.91. The average Bonchev–Trinajstić information content (AvgIpc) is 2.82. The fourth-order valence-electron chi connectivity index (χ4n) is 3.00. The molecule has 1 aliphatic rings. The van der Waals surface area contributed by atoms with Crippen LogP contribution in [0.4, 0.5) is 5.00 Å². The maximum atomic E-state index is 12.8. The summed E-state index contributed by atoms with van der Waals surface area (Å²) in [5.41, 5.74) is 10.1. The van der Waals surface area contributed by atoms with E-state index < -0.39 is 0 Å². The van der Waals surface area contributed by atoms with Crippen LogP contribution >= 0.6 is 11.3 Å². The minimum absolute atomic E-state index is 0.0854. The topological polar surface area (TPSA) is 43.1 Å². The predicted octanol–water partition coefficient (Wildman–Crippen LogP) is 4.56. The molecule has 1 aromatic heterocycles. The lowest BCUT2D eigenvalue weighted by Crippen LogP contribution is -2.09. The Bertz CT molecular complexity index is 667. The molecule has 0 radical (unpaired) electrons. The second kappa shape index (κ2) is 5.64. The monoisotopic (exact) mass is 299 g/mol. The number of anilines is 1. The van der Waals surface area contributed by atoms with Crippen molar-refractivity contribution in [2.75, 3.05) is 5.73 Å². The number of hydrogen-bond donors (Lipinski definition) is 1. The first-order chi connectivity index (χ1) is 10.1.